The quantitative estimate of drug-likeness (QED) is 0.401. The van der Waals surface area contributed by atoms with E-state index in [2.05, 4.69) is 56.1 Å². The van der Waals surface area contributed by atoms with Gasteiger partial charge < -0.3 is 4.74 Å². The lowest BCUT2D eigenvalue weighted by Gasteiger charge is -2.20. The van der Waals surface area contributed by atoms with E-state index in [0.717, 1.165) is 34.3 Å². The average molecular weight is 395 g/mol. The summed E-state index contributed by atoms with van der Waals surface area (Å²) in [5.41, 5.74) is 8.65. The summed E-state index contributed by atoms with van der Waals surface area (Å²) in [6.45, 7) is 7.39. The van der Waals surface area contributed by atoms with E-state index in [1.54, 1.807) is 6.20 Å². The monoisotopic (exact) mass is 394 g/mol. The molecular formula is C27H26N2O. The zero-order valence-corrected chi connectivity index (χ0v) is 17.8. The van der Waals surface area contributed by atoms with E-state index < -0.39 is 0 Å². The largest absolute Gasteiger partial charge is 0.488 e. The van der Waals surface area contributed by atoms with Crippen LogP contribution < -0.4 is 4.74 Å². The third-order valence-corrected chi connectivity index (χ3v) is 6.28. The van der Waals surface area contributed by atoms with Crippen LogP contribution in [-0.2, 0) is 18.4 Å². The number of aromatic nitrogens is 2. The van der Waals surface area contributed by atoms with Gasteiger partial charge in [0.05, 0.1) is 16.6 Å². The van der Waals surface area contributed by atoms with Crippen LogP contribution in [0, 0.1) is 6.92 Å². The number of benzene rings is 2. The second-order valence-electron chi connectivity index (χ2n) is 8.88. The number of rotatable bonds is 4. The molecule has 0 fully saturated rings. The second-order valence-corrected chi connectivity index (χ2v) is 8.88. The molecule has 0 saturated carbocycles. The highest BCUT2D eigenvalue weighted by molar-refractivity contribution is 5.87. The SMILES string of the molecule is Cc1cc2c(cc1-c1cc(OCc3ccccc3)c3cnccc3n1)CCC2(C)C. The minimum Gasteiger partial charge on any atom is -0.488 e. The minimum absolute atomic E-state index is 0.255. The van der Waals surface area contributed by atoms with Crippen molar-refractivity contribution in [2.24, 2.45) is 0 Å². The highest BCUT2D eigenvalue weighted by Crippen LogP contribution is 2.42. The Morgan fingerprint density at radius 1 is 1.03 bits per heavy atom. The average Bonchev–Trinajstić information content (AvgIpc) is 3.05. The van der Waals surface area contributed by atoms with Crippen molar-refractivity contribution in [1.29, 1.82) is 0 Å². The van der Waals surface area contributed by atoms with Crippen LogP contribution in [0.2, 0.25) is 0 Å². The standard InChI is InChI=1S/C27H26N2O/c1-18-13-23-20(9-11-27(23,2)3)14-21(18)25-15-26(22-16-28-12-10-24(22)29-25)30-17-19-7-5-4-6-8-19/h4-8,10,12-16H,9,11,17H2,1-3H3. The smallest absolute Gasteiger partial charge is 0.132 e. The number of pyridine rings is 2. The van der Waals surface area contributed by atoms with E-state index in [4.69, 9.17) is 9.72 Å². The Morgan fingerprint density at radius 2 is 1.87 bits per heavy atom. The van der Waals surface area contributed by atoms with Crippen LogP contribution in [0.4, 0.5) is 0 Å². The lowest BCUT2D eigenvalue weighted by Crippen LogP contribution is -2.12. The van der Waals surface area contributed by atoms with Gasteiger partial charge in [-0.25, -0.2) is 4.98 Å². The Hall–Kier alpha value is -3.20. The van der Waals surface area contributed by atoms with Crippen LogP contribution >= 0.6 is 0 Å². The fourth-order valence-corrected chi connectivity index (χ4v) is 4.48. The molecule has 2 aromatic heterocycles. The highest BCUT2D eigenvalue weighted by Gasteiger charge is 2.30. The second kappa shape index (κ2) is 7.24. The van der Waals surface area contributed by atoms with Gasteiger partial charge in [-0.1, -0.05) is 50.2 Å². The molecule has 0 spiro atoms. The molecule has 0 amide bonds. The van der Waals surface area contributed by atoms with E-state index in [-0.39, 0.29) is 5.41 Å². The van der Waals surface area contributed by atoms with Crippen molar-refractivity contribution in [3.63, 3.8) is 0 Å². The third kappa shape index (κ3) is 3.35. The molecular weight excluding hydrogens is 368 g/mol. The first-order valence-electron chi connectivity index (χ1n) is 10.6. The van der Waals surface area contributed by atoms with Gasteiger partial charge in [-0.05, 0) is 59.6 Å². The van der Waals surface area contributed by atoms with Gasteiger partial charge in [0.1, 0.15) is 12.4 Å². The molecule has 2 heterocycles. The maximum Gasteiger partial charge on any atom is 0.132 e. The van der Waals surface area contributed by atoms with Gasteiger partial charge in [-0.15, -0.1) is 0 Å². The summed E-state index contributed by atoms with van der Waals surface area (Å²) in [4.78, 5) is 9.26. The summed E-state index contributed by atoms with van der Waals surface area (Å²) in [5, 5.41) is 0.942. The van der Waals surface area contributed by atoms with Crippen molar-refractivity contribution in [2.75, 3.05) is 0 Å². The van der Waals surface area contributed by atoms with Gasteiger partial charge in [0.25, 0.3) is 0 Å². The summed E-state index contributed by atoms with van der Waals surface area (Å²) in [6.07, 6.45) is 5.96. The number of nitrogens with zero attached hydrogens (tertiary/aromatic N) is 2. The van der Waals surface area contributed by atoms with Crippen LogP contribution in [0.15, 0.2) is 67.0 Å². The maximum absolute atomic E-state index is 6.25. The molecule has 2 aromatic carbocycles. The van der Waals surface area contributed by atoms with Crippen molar-refractivity contribution in [1.82, 2.24) is 9.97 Å². The number of hydrogen-bond acceptors (Lipinski definition) is 3. The normalized spacial score (nSPS) is 14.6. The van der Waals surface area contributed by atoms with Gasteiger partial charge in [-0.2, -0.15) is 0 Å². The van der Waals surface area contributed by atoms with E-state index in [9.17, 15) is 0 Å². The molecule has 1 aliphatic carbocycles. The number of aryl methyl sites for hydroxylation is 2. The topological polar surface area (TPSA) is 35.0 Å². The van der Waals surface area contributed by atoms with Gasteiger partial charge in [0, 0.05) is 24.0 Å². The van der Waals surface area contributed by atoms with Gasteiger partial charge in [0.15, 0.2) is 0 Å². The fourth-order valence-electron chi connectivity index (χ4n) is 4.48. The molecule has 30 heavy (non-hydrogen) atoms. The van der Waals surface area contributed by atoms with Gasteiger partial charge in [0.2, 0.25) is 0 Å². The first kappa shape index (κ1) is 18.8. The molecule has 3 heteroatoms. The van der Waals surface area contributed by atoms with E-state index in [1.807, 2.05) is 30.5 Å². The lowest BCUT2D eigenvalue weighted by atomic mass is 9.85. The predicted octanol–water partition coefficient (Wildman–Crippen LogP) is 6.41. The first-order valence-corrected chi connectivity index (χ1v) is 10.6. The molecule has 3 nitrogen and oxygen atoms in total. The molecule has 0 aliphatic heterocycles. The van der Waals surface area contributed by atoms with Crippen molar-refractivity contribution < 1.29 is 4.74 Å². The summed E-state index contributed by atoms with van der Waals surface area (Å²) < 4.78 is 6.25. The molecule has 0 N–H and O–H groups in total. The Labute approximate surface area is 177 Å². The Morgan fingerprint density at radius 3 is 2.70 bits per heavy atom. The Bertz CT molecular complexity index is 1230. The fraction of sp³-hybridized carbons (Fsp3) is 0.259. The van der Waals surface area contributed by atoms with Crippen LogP contribution in [0.3, 0.4) is 0 Å². The van der Waals surface area contributed by atoms with Crippen LogP contribution in [-0.4, -0.2) is 9.97 Å². The number of fused-ring (bicyclic) bond motifs is 2. The molecule has 0 atom stereocenters. The predicted molar refractivity (Wildman–Crippen MR) is 122 cm³/mol. The van der Waals surface area contributed by atoms with Gasteiger partial charge >= 0.3 is 0 Å². The summed E-state index contributed by atoms with van der Waals surface area (Å²) in [6, 6.07) is 19.0. The summed E-state index contributed by atoms with van der Waals surface area (Å²) in [7, 11) is 0. The molecule has 0 unspecified atom stereocenters. The Kier molecular flexibility index (Phi) is 4.54. The molecule has 1 aliphatic rings. The molecule has 0 saturated heterocycles. The third-order valence-electron chi connectivity index (χ3n) is 6.28. The molecule has 150 valence electrons. The molecule has 0 radical (unpaired) electrons. The summed E-state index contributed by atoms with van der Waals surface area (Å²) in [5.74, 6) is 0.826. The Balaban J connectivity index is 1.59. The summed E-state index contributed by atoms with van der Waals surface area (Å²) >= 11 is 0. The molecule has 4 aromatic rings. The van der Waals surface area contributed by atoms with E-state index >= 15 is 0 Å². The van der Waals surface area contributed by atoms with Gasteiger partial charge in [-0.3, -0.25) is 4.98 Å². The zero-order chi connectivity index (χ0) is 20.7. The van der Waals surface area contributed by atoms with E-state index in [1.165, 1.54) is 28.7 Å². The number of ether oxygens (including phenoxy) is 1. The van der Waals surface area contributed by atoms with Crippen LogP contribution in [0.25, 0.3) is 22.2 Å². The lowest BCUT2D eigenvalue weighted by molar-refractivity contribution is 0.310. The zero-order valence-electron chi connectivity index (χ0n) is 17.8. The number of hydrogen-bond donors (Lipinski definition) is 0. The van der Waals surface area contributed by atoms with Crippen molar-refractivity contribution in [2.45, 2.75) is 45.6 Å². The van der Waals surface area contributed by atoms with Crippen LogP contribution in [0.5, 0.6) is 5.75 Å². The first-order chi connectivity index (χ1) is 14.5. The van der Waals surface area contributed by atoms with Crippen molar-refractivity contribution in [3.8, 4) is 17.0 Å². The van der Waals surface area contributed by atoms with E-state index in [0.29, 0.717) is 6.61 Å². The van der Waals surface area contributed by atoms with Crippen LogP contribution in [0.1, 0.15) is 42.5 Å². The maximum atomic E-state index is 6.25. The molecule has 5 rings (SSSR count). The molecule has 0 bridgehead atoms. The highest BCUT2D eigenvalue weighted by atomic mass is 16.5. The minimum atomic E-state index is 0.255. The van der Waals surface area contributed by atoms with Crippen molar-refractivity contribution in [3.05, 3.63) is 89.2 Å². The van der Waals surface area contributed by atoms with Crippen molar-refractivity contribution >= 4 is 10.9 Å².